The Morgan fingerprint density at radius 2 is 1.88 bits per heavy atom. The molecule has 1 heterocycles. The van der Waals surface area contributed by atoms with Gasteiger partial charge in [0.25, 0.3) is 0 Å². The molecule has 2 nitrogen and oxygen atoms in total. The lowest BCUT2D eigenvalue weighted by Gasteiger charge is -2.36. The molecule has 1 fully saturated rings. The van der Waals surface area contributed by atoms with Gasteiger partial charge in [-0.2, -0.15) is 5.10 Å². The van der Waals surface area contributed by atoms with E-state index in [0.717, 1.165) is 0 Å². The van der Waals surface area contributed by atoms with E-state index in [1.165, 1.54) is 28.4 Å². The third-order valence-electron chi connectivity index (χ3n) is 3.38. The van der Waals surface area contributed by atoms with E-state index in [0.29, 0.717) is 12.1 Å². The molecule has 0 radical (unpaired) electrons. The maximum Gasteiger partial charge on any atom is 0.0553 e. The zero-order valence-electron chi connectivity index (χ0n) is 10.4. The predicted octanol–water partition coefficient (Wildman–Crippen LogP) is 3.89. The van der Waals surface area contributed by atoms with E-state index in [4.69, 9.17) is 0 Å². The number of hydrazone groups is 1. The minimum Gasteiger partial charge on any atom is -0.292 e. The van der Waals surface area contributed by atoms with Gasteiger partial charge in [0, 0.05) is 21.2 Å². The lowest BCUT2D eigenvalue weighted by molar-refractivity contribution is 0.109. The van der Waals surface area contributed by atoms with Crippen LogP contribution >= 0.6 is 22.6 Å². The fourth-order valence-electron chi connectivity index (χ4n) is 2.34. The van der Waals surface area contributed by atoms with Crippen LogP contribution in [-0.4, -0.2) is 23.3 Å². The molecule has 1 aliphatic heterocycles. The first kappa shape index (κ1) is 12.9. The highest BCUT2D eigenvalue weighted by atomic mass is 127. The van der Waals surface area contributed by atoms with Gasteiger partial charge in [0.05, 0.1) is 6.21 Å². The minimum atomic E-state index is 0.566. The maximum absolute atomic E-state index is 4.68. The van der Waals surface area contributed by atoms with Crippen molar-refractivity contribution in [1.82, 2.24) is 5.01 Å². The van der Waals surface area contributed by atoms with Gasteiger partial charge in [-0.3, -0.25) is 5.01 Å². The second-order valence-electron chi connectivity index (χ2n) is 4.78. The summed E-state index contributed by atoms with van der Waals surface area (Å²) in [5, 5.41) is 6.94. The first-order valence-corrected chi connectivity index (χ1v) is 7.33. The summed E-state index contributed by atoms with van der Waals surface area (Å²) in [6.07, 6.45) is 5.85. The van der Waals surface area contributed by atoms with E-state index in [1.54, 1.807) is 0 Å². The summed E-state index contributed by atoms with van der Waals surface area (Å²) in [5.74, 6) is 0. The number of nitrogens with zero attached hydrogens (tertiary/aromatic N) is 2. The largest absolute Gasteiger partial charge is 0.292 e. The van der Waals surface area contributed by atoms with Gasteiger partial charge in [0.15, 0.2) is 0 Å². The Morgan fingerprint density at radius 3 is 2.53 bits per heavy atom. The van der Waals surface area contributed by atoms with Crippen LogP contribution < -0.4 is 0 Å². The molecule has 0 N–H and O–H groups in total. The molecule has 2 atom stereocenters. The molecule has 0 amide bonds. The predicted molar refractivity (Wildman–Crippen MR) is 81.4 cm³/mol. The van der Waals surface area contributed by atoms with E-state index in [1.807, 2.05) is 6.21 Å². The van der Waals surface area contributed by atoms with Crippen LogP contribution in [0.5, 0.6) is 0 Å². The van der Waals surface area contributed by atoms with Gasteiger partial charge in [0.1, 0.15) is 0 Å². The second kappa shape index (κ2) is 5.85. The summed E-state index contributed by atoms with van der Waals surface area (Å²) in [7, 11) is 0. The van der Waals surface area contributed by atoms with Crippen LogP contribution in [0.1, 0.15) is 38.7 Å². The van der Waals surface area contributed by atoms with Gasteiger partial charge in [-0.1, -0.05) is 18.2 Å². The van der Waals surface area contributed by atoms with Crippen molar-refractivity contribution >= 4 is 28.8 Å². The molecular weight excluding hydrogens is 323 g/mol. The molecule has 17 heavy (non-hydrogen) atoms. The zero-order valence-corrected chi connectivity index (χ0v) is 12.6. The fourth-order valence-corrected chi connectivity index (χ4v) is 2.87. The molecule has 1 saturated heterocycles. The Kier molecular flexibility index (Phi) is 4.42. The standard InChI is InChI=1S/C14H19IN2/c1-11-6-5-7-12(2)17(11)16-10-13-8-3-4-9-14(13)15/h3-4,8-12H,5-7H2,1-2H3/b16-10-/t11-,12-/m1/s1. The molecule has 1 aromatic carbocycles. The van der Waals surface area contributed by atoms with Crippen LogP contribution in [0, 0.1) is 3.57 Å². The molecule has 0 aliphatic carbocycles. The van der Waals surface area contributed by atoms with Crippen molar-refractivity contribution in [2.75, 3.05) is 0 Å². The van der Waals surface area contributed by atoms with Crippen LogP contribution in [0.25, 0.3) is 0 Å². The number of rotatable bonds is 2. The summed E-state index contributed by atoms with van der Waals surface area (Å²) in [4.78, 5) is 0. The van der Waals surface area contributed by atoms with Crippen LogP contribution in [0.4, 0.5) is 0 Å². The van der Waals surface area contributed by atoms with Gasteiger partial charge < -0.3 is 0 Å². The van der Waals surface area contributed by atoms with E-state index >= 15 is 0 Å². The van der Waals surface area contributed by atoms with Crippen LogP contribution in [-0.2, 0) is 0 Å². The molecule has 0 unspecified atom stereocenters. The molecule has 0 aromatic heterocycles. The van der Waals surface area contributed by atoms with Gasteiger partial charge in [-0.05, 0) is 61.8 Å². The number of piperidine rings is 1. The Morgan fingerprint density at radius 1 is 1.24 bits per heavy atom. The van der Waals surface area contributed by atoms with Crippen LogP contribution in [0.15, 0.2) is 29.4 Å². The number of halogens is 1. The van der Waals surface area contributed by atoms with Crippen molar-refractivity contribution in [2.45, 2.75) is 45.2 Å². The van der Waals surface area contributed by atoms with Gasteiger partial charge in [-0.15, -0.1) is 0 Å². The fraction of sp³-hybridized carbons (Fsp3) is 0.500. The molecule has 92 valence electrons. The molecule has 0 saturated carbocycles. The lowest BCUT2D eigenvalue weighted by Crippen LogP contribution is -2.39. The third kappa shape index (κ3) is 3.21. The highest BCUT2D eigenvalue weighted by Crippen LogP contribution is 2.22. The van der Waals surface area contributed by atoms with Crippen LogP contribution in [0.3, 0.4) is 0 Å². The smallest absolute Gasteiger partial charge is 0.0553 e. The average Bonchev–Trinajstić information content (AvgIpc) is 2.30. The van der Waals surface area contributed by atoms with E-state index in [-0.39, 0.29) is 0 Å². The normalized spacial score (nSPS) is 25.5. The van der Waals surface area contributed by atoms with Crippen molar-refractivity contribution in [3.8, 4) is 0 Å². The Labute approximate surface area is 117 Å². The summed E-state index contributed by atoms with van der Waals surface area (Å²) in [6, 6.07) is 9.49. The van der Waals surface area contributed by atoms with E-state index in [2.05, 4.69) is 70.8 Å². The first-order chi connectivity index (χ1) is 8.18. The monoisotopic (exact) mass is 342 g/mol. The van der Waals surface area contributed by atoms with Crippen molar-refractivity contribution < 1.29 is 0 Å². The van der Waals surface area contributed by atoms with Gasteiger partial charge in [0.2, 0.25) is 0 Å². The Balaban J connectivity index is 2.11. The number of hydrogen-bond donors (Lipinski definition) is 0. The third-order valence-corrected chi connectivity index (χ3v) is 4.36. The molecule has 1 aliphatic rings. The highest BCUT2D eigenvalue weighted by molar-refractivity contribution is 14.1. The van der Waals surface area contributed by atoms with Gasteiger partial charge >= 0.3 is 0 Å². The summed E-state index contributed by atoms with van der Waals surface area (Å²) in [5.41, 5.74) is 1.21. The molecule has 0 spiro atoms. The molecule has 1 aromatic rings. The molecule has 0 bridgehead atoms. The SMILES string of the molecule is C[C@@H]1CCC[C@@H](C)N1/N=C\c1ccccc1I. The average molecular weight is 342 g/mol. The van der Waals surface area contributed by atoms with Gasteiger partial charge in [-0.25, -0.2) is 0 Å². The van der Waals surface area contributed by atoms with E-state index in [9.17, 15) is 0 Å². The number of benzene rings is 1. The van der Waals surface area contributed by atoms with E-state index < -0.39 is 0 Å². The maximum atomic E-state index is 4.68. The zero-order chi connectivity index (χ0) is 12.3. The quantitative estimate of drug-likeness (QED) is 0.588. The highest BCUT2D eigenvalue weighted by Gasteiger charge is 2.22. The Bertz CT molecular complexity index is 393. The molecular formula is C14H19IN2. The first-order valence-electron chi connectivity index (χ1n) is 6.25. The summed E-state index contributed by atoms with van der Waals surface area (Å²) in [6.45, 7) is 4.53. The summed E-state index contributed by atoms with van der Waals surface area (Å²) >= 11 is 2.36. The van der Waals surface area contributed by atoms with Crippen LogP contribution in [0.2, 0.25) is 0 Å². The molecule has 3 heteroatoms. The molecule has 2 rings (SSSR count). The minimum absolute atomic E-state index is 0.566. The summed E-state index contributed by atoms with van der Waals surface area (Å²) < 4.78 is 1.26. The second-order valence-corrected chi connectivity index (χ2v) is 5.94. The lowest BCUT2D eigenvalue weighted by atomic mass is 10.00. The van der Waals surface area contributed by atoms with Crippen molar-refractivity contribution in [2.24, 2.45) is 5.10 Å². The van der Waals surface area contributed by atoms with Crippen molar-refractivity contribution in [3.63, 3.8) is 0 Å². The van der Waals surface area contributed by atoms with Crippen molar-refractivity contribution in [1.29, 1.82) is 0 Å². The van der Waals surface area contributed by atoms with Crippen molar-refractivity contribution in [3.05, 3.63) is 33.4 Å². The topological polar surface area (TPSA) is 15.6 Å². The Hall–Kier alpha value is -0.580. The number of hydrogen-bond acceptors (Lipinski definition) is 2.